The number of hydrogen-bond acceptors (Lipinski definition) is 3. The van der Waals surface area contributed by atoms with Crippen LogP contribution in [0.5, 0.6) is 0 Å². The lowest BCUT2D eigenvalue weighted by molar-refractivity contribution is 0.111. The number of anilines is 1. The average molecular weight is 229 g/mol. The first-order valence-electron chi connectivity index (χ1n) is 5.99. The molecule has 0 spiro atoms. The number of imidazole rings is 1. The quantitative estimate of drug-likeness (QED) is 0.740. The summed E-state index contributed by atoms with van der Waals surface area (Å²) in [6, 6.07) is 6.10. The maximum absolute atomic E-state index is 11.1. The third-order valence-electron chi connectivity index (χ3n) is 3.39. The molecule has 0 N–H and O–H groups in total. The molecule has 4 heteroatoms. The van der Waals surface area contributed by atoms with Crippen LogP contribution in [0.4, 0.5) is 5.82 Å². The van der Waals surface area contributed by atoms with E-state index in [0.29, 0.717) is 5.82 Å². The number of aldehydes is 1. The highest BCUT2D eigenvalue weighted by atomic mass is 16.1. The molecule has 3 rings (SSSR count). The lowest BCUT2D eigenvalue weighted by Gasteiger charge is -2.19. The molecule has 88 valence electrons. The molecular formula is C13H15N3O. The van der Waals surface area contributed by atoms with Gasteiger partial charge in [-0.1, -0.05) is 6.07 Å². The number of nitrogens with zero attached hydrogens (tertiary/aromatic N) is 3. The van der Waals surface area contributed by atoms with Gasteiger partial charge in [-0.15, -0.1) is 0 Å². The Morgan fingerprint density at radius 1 is 1.29 bits per heavy atom. The van der Waals surface area contributed by atoms with Crippen molar-refractivity contribution in [2.45, 2.75) is 19.8 Å². The molecule has 0 unspecified atom stereocenters. The summed E-state index contributed by atoms with van der Waals surface area (Å²) >= 11 is 0. The van der Waals surface area contributed by atoms with Crippen LogP contribution < -0.4 is 4.90 Å². The minimum Gasteiger partial charge on any atom is -0.358 e. The molecule has 0 saturated carbocycles. The number of rotatable bonds is 2. The summed E-state index contributed by atoms with van der Waals surface area (Å²) in [4.78, 5) is 17.7. The van der Waals surface area contributed by atoms with Crippen LogP contribution in [0, 0.1) is 6.92 Å². The second kappa shape index (κ2) is 3.87. The molecule has 1 aliphatic rings. The summed E-state index contributed by atoms with van der Waals surface area (Å²) in [5.41, 5.74) is 1.93. The Morgan fingerprint density at radius 3 is 2.76 bits per heavy atom. The molecule has 0 radical (unpaired) electrons. The van der Waals surface area contributed by atoms with Gasteiger partial charge < -0.3 is 4.90 Å². The van der Waals surface area contributed by atoms with Crippen molar-refractivity contribution in [3.8, 4) is 0 Å². The van der Waals surface area contributed by atoms with Crippen molar-refractivity contribution in [3.63, 3.8) is 0 Å². The molecule has 0 aromatic carbocycles. The van der Waals surface area contributed by atoms with Crippen LogP contribution in [-0.2, 0) is 0 Å². The van der Waals surface area contributed by atoms with Gasteiger partial charge in [0.2, 0.25) is 0 Å². The zero-order valence-electron chi connectivity index (χ0n) is 9.89. The van der Waals surface area contributed by atoms with E-state index in [1.54, 1.807) is 0 Å². The van der Waals surface area contributed by atoms with E-state index in [-0.39, 0.29) is 0 Å². The zero-order valence-corrected chi connectivity index (χ0v) is 9.89. The first-order chi connectivity index (χ1) is 8.31. The summed E-state index contributed by atoms with van der Waals surface area (Å²) in [6.45, 7) is 4.07. The van der Waals surface area contributed by atoms with Gasteiger partial charge in [0.1, 0.15) is 5.82 Å². The van der Waals surface area contributed by atoms with E-state index in [2.05, 4.69) is 16.0 Å². The van der Waals surface area contributed by atoms with E-state index in [1.807, 2.05) is 23.5 Å². The molecule has 17 heavy (non-hydrogen) atoms. The predicted octanol–water partition coefficient (Wildman–Crippen LogP) is 2.06. The average Bonchev–Trinajstić information content (AvgIpc) is 2.97. The van der Waals surface area contributed by atoms with Gasteiger partial charge in [-0.2, -0.15) is 0 Å². The first-order valence-corrected chi connectivity index (χ1v) is 5.99. The highest BCUT2D eigenvalue weighted by molar-refractivity contribution is 5.75. The lowest BCUT2D eigenvalue weighted by Crippen LogP contribution is -2.21. The van der Waals surface area contributed by atoms with Crippen molar-refractivity contribution < 1.29 is 4.79 Å². The Bertz CT molecular complexity index is 567. The minimum atomic E-state index is 0.500. The van der Waals surface area contributed by atoms with Crippen molar-refractivity contribution in [2.24, 2.45) is 0 Å². The van der Waals surface area contributed by atoms with Gasteiger partial charge in [0.15, 0.2) is 12.1 Å². The fraction of sp³-hybridized carbons (Fsp3) is 0.385. The summed E-state index contributed by atoms with van der Waals surface area (Å²) < 4.78 is 1.97. The number of hydrogen-bond donors (Lipinski definition) is 0. The van der Waals surface area contributed by atoms with Gasteiger partial charge in [0.25, 0.3) is 0 Å². The number of aryl methyl sites for hydroxylation is 1. The molecule has 1 fully saturated rings. The van der Waals surface area contributed by atoms with E-state index < -0.39 is 0 Å². The molecule has 4 nitrogen and oxygen atoms in total. The predicted molar refractivity (Wildman–Crippen MR) is 66.8 cm³/mol. The SMILES string of the molecule is Cc1nc(C=O)n2c(N3CCCC3)cccc12. The summed E-state index contributed by atoms with van der Waals surface area (Å²) in [5.74, 6) is 1.59. The van der Waals surface area contributed by atoms with Crippen LogP contribution in [0.25, 0.3) is 5.52 Å². The van der Waals surface area contributed by atoms with Gasteiger partial charge in [0.05, 0.1) is 11.2 Å². The topological polar surface area (TPSA) is 37.6 Å². The van der Waals surface area contributed by atoms with Crippen molar-refractivity contribution in [2.75, 3.05) is 18.0 Å². The molecule has 1 saturated heterocycles. The third-order valence-corrected chi connectivity index (χ3v) is 3.39. The summed E-state index contributed by atoms with van der Waals surface area (Å²) in [5, 5.41) is 0. The second-order valence-electron chi connectivity index (χ2n) is 4.47. The molecular weight excluding hydrogens is 214 g/mol. The molecule has 3 heterocycles. The van der Waals surface area contributed by atoms with Crippen LogP contribution in [-0.4, -0.2) is 28.8 Å². The van der Waals surface area contributed by atoms with E-state index in [4.69, 9.17) is 0 Å². The van der Waals surface area contributed by atoms with Crippen LogP contribution in [0.3, 0.4) is 0 Å². The molecule has 2 aromatic rings. The molecule has 0 amide bonds. The standard InChI is InChI=1S/C13H15N3O/c1-10-11-5-4-6-13(15-7-2-3-8-15)16(11)12(9-17)14-10/h4-6,9H,2-3,7-8H2,1H3. The monoisotopic (exact) mass is 229 g/mol. The fourth-order valence-corrected chi connectivity index (χ4v) is 2.57. The largest absolute Gasteiger partial charge is 0.358 e. The van der Waals surface area contributed by atoms with Gasteiger partial charge in [-0.25, -0.2) is 4.98 Å². The molecule has 2 aromatic heterocycles. The number of fused-ring (bicyclic) bond motifs is 1. The molecule has 1 aliphatic heterocycles. The summed E-state index contributed by atoms with van der Waals surface area (Å²) in [6.07, 6.45) is 3.28. The van der Waals surface area contributed by atoms with Gasteiger partial charge >= 0.3 is 0 Å². The van der Waals surface area contributed by atoms with Crippen molar-refractivity contribution in [1.29, 1.82) is 0 Å². The van der Waals surface area contributed by atoms with Gasteiger partial charge in [0, 0.05) is 13.1 Å². The van der Waals surface area contributed by atoms with Crippen molar-refractivity contribution in [1.82, 2.24) is 9.38 Å². The number of carbonyl (C=O) groups is 1. The maximum Gasteiger partial charge on any atom is 0.186 e. The van der Waals surface area contributed by atoms with E-state index in [0.717, 1.165) is 36.4 Å². The number of carbonyl (C=O) groups excluding carboxylic acids is 1. The van der Waals surface area contributed by atoms with E-state index in [9.17, 15) is 4.79 Å². The van der Waals surface area contributed by atoms with Crippen LogP contribution >= 0.6 is 0 Å². The van der Waals surface area contributed by atoms with E-state index >= 15 is 0 Å². The Balaban J connectivity index is 2.26. The smallest absolute Gasteiger partial charge is 0.186 e. The normalized spacial score (nSPS) is 15.7. The maximum atomic E-state index is 11.1. The van der Waals surface area contributed by atoms with Crippen molar-refractivity contribution in [3.05, 3.63) is 29.7 Å². The Morgan fingerprint density at radius 2 is 2.06 bits per heavy atom. The highest BCUT2D eigenvalue weighted by Crippen LogP contribution is 2.24. The molecule has 0 aliphatic carbocycles. The number of aromatic nitrogens is 2. The third kappa shape index (κ3) is 1.52. The molecule has 0 bridgehead atoms. The van der Waals surface area contributed by atoms with Crippen LogP contribution in [0.1, 0.15) is 29.2 Å². The molecule has 0 atom stereocenters. The van der Waals surface area contributed by atoms with Crippen LogP contribution in [0.15, 0.2) is 18.2 Å². The van der Waals surface area contributed by atoms with Gasteiger partial charge in [-0.3, -0.25) is 9.20 Å². The van der Waals surface area contributed by atoms with E-state index in [1.165, 1.54) is 12.8 Å². The van der Waals surface area contributed by atoms with Crippen molar-refractivity contribution >= 4 is 17.6 Å². The second-order valence-corrected chi connectivity index (χ2v) is 4.47. The fourth-order valence-electron chi connectivity index (χ4n) is 2.57. The highest BCUT2D eigenvalue weighted by Gasteiger charge is 2.17. The number of pyridine rings is 1. The Kier molecular flexibility index (Phi) is 2.35. The van der Waals surface area contributed by atoms with Crippen LogP contribution in [0.2, 0.25) is 0 Å². The minimum absolute atomic E-state index is 0.500. The first kappa shape index (κ1) is 10.3. The Hall–Kier alpha value is -1.84. The lowest BCUT2D eigenvalue weighted by atomic mass is 10.3. The summed E-state index contributed by atoms with van der Waals surface area (Å²) in [7, 11) is 0. The van der Waals surface area contributed by atoms with Gasteiger partial charge in [-0.05, 0) is 31.9 Å². The Labute approximate surface area is 99.9 Å². The zero-order chi connectivity index (χ0) is 11.8.